The van der Waals surface area contributed by atoms with Crippen molar-refractivity contribution in [1.82, 2.24) is 9.55 Å². The number of rotatable bonds is 4. The molecule has 0 fully saturated rings. The van der Waals surface area contributed by atoms with Crippen LogP contribution in [0.1, 0.15) is 11.4 Å². The normalized spacial score (nSPS) is 9.89. The zero-order valence-electron chi connectivity index (χ0n) is 10.2. The van der Waals surface area contributed by atoms with Crippen molar-refractivity contribution in [2.24, 2.45) is 7.05 Å². The lowest BCUT2D eigenvalue weighted by Gasteiger charge is -2.06. The van der Waals surface area contributed by atoms with Crippen LogP contribution >= 0.6 is 0 Å². The zero-order chi connectivity index (χ0) is 13.8. The standard InChI is InChI=1S/C12H11N5O2/c1-16-5-4-14-12(16)8-15-10-3-2-9(7-13)11(6-10)17(18)19/h2-6,15H,8H2,1H3. The van der Waals surface area contributed by atoms with Gasteiger partial charge < -0.3 is 9.88 Å². The first-order valence-electron chi connectivity index (χ1n) is 5.50. The molecule has 0 aliphatic rings. The number of nitro groups is 1. The number of hydrogen-bond acceptors (Lipinski definition) is 5. The fraction of sp³-hybridized carbons (Fsp3) is 0.167. The minimum Gasteiger partial charge on any atom is -0.378 e. The third kappa shape index (κ3) is 2.69. The van der Waals surface area contributed by atoms with Gasteiger partial charge in [0.25, 0.3) is 5.69 Å². The molecule has 96 valence electrons. The largest absolute Gasteiger partial charge is 0.378 e. The highest BCUT2D eigenvalue weighted by Gasteiger charge is 2.14. The number of nitrogens with one attached hydrogen (secondary N) is 1. The molecule has 2 aromatic rings. The van der Waals surface area contributed by atoms with Gasteiger partial charge in [-0.05, 0) is 12.1 Å². The first-order chi connectivity index (χ1) is 9.11. The Balaban J connectivity index is 2.18. The molecule has 1 aromatic carbocycles. The zero-order valence-corrected chi connectivity index (χ0v) is 10.2. The minimum absolute atomic E-state index is 0.0486. The molecule has 0 aliphatic heterocycles. The summed E-state index contributed by atoms with van der Waals surface area (Å²) >= 11 is 0. The Labute approximate surface area is 109 Å². The van der Waals surface area contributed by atoms with Crippen LogP contribution in [-0.2, 0) is 13.6 Å². The van der Waals surface area contributed by atoms with Crippen LogP contribution in [0.15, 0.2) is 30.6 Å². The van der Waals surface area contributed by atoms with Gasteiger partial charge >= 0.3 is 0 Å². The van der Waals surface area contributed by atoms with E-state index >= 15 is 0 Å². The third-order valence-corrected chi connectivity index (χ3v) is 2.69. The maximum atomic E-state index is 10.8. The van der Waals surface area contributed by atoms with Crippen LogP contribution in [0, 0.1) is 21.4 Å². The predicted molar refractivity (Wildman–Crippen MR) is 68.3 cm³/mol. The number of hydrogen-bond donors (Lipinski definition) is 1. The van der Waals surface area contributed by atoms with Crippen molar-refractivity contribution in [2.45, 2.75) is 6.54 Å². The lowest BCUT2D eigenvalue weighted by Crippen LogP contribution is -2.06. The van der Waals surface area contributed by atoms with Crippen molar-refractivity contribution in [2.75, 3.05) is 5.32 Å². The van der Waals surface area contributed by atoms with E-state index in [4.69, 9.17) is 5.26 Å². The quantitative estimate of drug-likeness (QED) is 0.665. The van der Waals surface area contributed by atoms with E-state index in [2.05, 4.69) is 10.3 Å². The van der Waals surface area contributed by atoms with Crippen molar-refractivity contribution >= 4 is 11.4 Å². The maximum absolute atomic E-state index is 10.8. The van der Waals surface area contributed by atoms with E-state index in [1.807, 2.05) is 17.8 Å². The predicted octanol–water partition coefficient (Wildman–Crippen LogP) is 1.81. The second kappa shape index (κ2) is 5.18. The number of nitriles is 1. The summed E-state index contributed by atoms with van der Waals surface area (Å²) in [7, 11) is 1.87. The van der Waals surface area contributed by atoms with E-state index in [9.17, 15) is 10.1 Å². The van der Waals surface area contributed by atoms with E-state index in [-0.39, 0.29) is 11.3 Å². The highest BCUT2D eigenvalue weighted by molar-refractivity contribution is 5.59. The Kier molecular flexibility index (Phi) is 3.43. The molecular weight excluding hydrogens is 246 g/mol. The van der Waals surface area contributed by atoms with Gasteiger partial charge in [0.15, 0.2) is 0 Å². The minimum atomic E-state index is -0.565. The number of aromatic nitrogens is 2. The van der Waals surface area contributed by atoms with Crippen LogP contribution in [0.25, 0.3) is 0 Å². The van der Waals surface area contributed by atoms with Crippen LogP contribution in [-0.4, -0.2) is 14.5 Å². The molecule has 0 amide bonds. The molecule has 1 heterocycles. The Bertz CT molecular complexity index is 656. The van der Waals surface area contributed by atoms with Gasteiger partial charge in [-0.15, -0.1) is 0 Å². The van der Waals surface area contributed by atoms with Gasteiger partial charge in [0.1, 0.15) is 17.5 Å². The van der Waals surface area contributed by atoms with Crippen molar-refractivity contribution in [3.8, 4) is 6.07 Å². The molecule has 19 heavy (non-hydrogen) atoms. The molecule has 1 N–H and O–H groups in total. The van der Waals surface area contributed by atoms with E-state index in [1.165, 1.54) is 12.1 Å². The molecule has 0 atom stereocenters. The Morgan fingerprint density at radius 3 is 2.95 bits per heavy atom. The van der Waals surface area contributed by atoms with Crippen molar-refractivity contribution in [3.63, 3.8) is 0 Å². The summed E-state index contributed by atoms with van der Waals surface area (Å²) in [6.07, 6.45) is 3.50. The molecule has 7 heteroatoms. The molecule has 0 saturated heterocycles. The summed E-state index contributed by atoms with van der Waals surface area (Å²) in [4.78, 5) is 14.4. The number of benzene rings is 1. The lowest BCUT2D eigenvalue weighted by molar-refractivity contribution is -0.385. The Morgan fingerprint density at radius 2 is 2.37 bits per heavy atom. The van der Waals surface area contributed by atoms with Crippen LogP contribution in [0.3, 0.4) is 0 Å². The molecule has 2 rings (SSSR count). The number of aryl methyl sites for hydroxylation is 1. The molecule has 0 spiro atoms. The van der Waals surface area contributed by atoms with Gasteiger partial charge in [-0.1, -0.05) is 0 Å². The summed E-state index contributed by atoms with van der Waals surface area (Å²) in [5.74, 6) is 0.812. The van der Waals surface area contributed by atoms with Gasteiger partial charge in [0.2, 0.25) is 0 Å². The van der Waals surface area contributed by atoms with E-state index in [1.54, 1.807) is 18.3 Å². The van der Waals surface area contributed by atoms with Crippen LogP contribution < -0.4 is 5.32 Å². The maximum Gasteiger partial charge on any atom is 0.289 e. The van der Waals surface area contributed by atoms with Gasteiger partial charge in [-0.3, -0.25) is 10.1 Å². The van der Waals surface area contributed by atoms with E-state index in [0.717, 1.165) is 5.82 Å². The van der Waals surface area contributed by atoms with Crippen LogP contribution in [0.2, 0.25) is 0 Å². The molecule has 0 unspecified atom stereocenters. The number of nitrogens with zero attached hydrogens (tertiary/aromatic N) is 4. The average molecular weight is 257 g/mol. The smallest absolute Gasteiger partial charge is 0.289 e. The molecule has 0 aliphatic carbocycles. The number of imidazole rings is 1. The van der Waals surface area contributed by atoms with Crippen molar-refractivity contribution < 1.29 is 4.92 Å². The monoisotopic (exact) mass is 257 g/mol. The van der Waals surface area contributed by atoms with Gasteiger partial charge in [0.05, 0.1) is 11.5 Å². The molecule has 0 saturated carbocycles. The number of anilines is 1. The molecule has 1 aromatic heterocycles. The van der Waals surface area contributed by atoms with Gasteiger partial charge in [-0.2, -0.15) is 5.26 Å². The fourth-order valence-electron chi connectivity index (χ4n) is 1.64. The van der Waals surface area contributed by atoms with Gasteiger partial charge in [0, 0.05) is 31.2 Å². The summed E-state index contributed by atoms with van der Waals surface area (Å²) in [5, 5.41) is 22.7. The SMILES string of the molecule is Cn1ccnc1CNc1ccc(C#N)c([N+](=O)[O-])c1. The summed E-state index contributed by atoms with van der Waals surface area (Å²) in [5.41, 5.74) is 0.425. The number of nitro benzene ring substituents is 1. The highest BCUT2D eigenvalue weighted by Crippen LogP contribution is 2.22. The first kappa shape index (κ1) is 12.6. The van der Waals surface area contributed by atoms with Gasteiger partial charge in [-0.25, -0.2) is 4.98 Å². The van der Waals surface area contributed by atoms with Crippen LogP contribution in [0.4, 0.5) is 11.4 Å². The van der Waals surface area contributed by atoms with Crippen molar-refractivity contribution in [1.29, 1.82) is 5.26 Å². The second-order valence-corrected chi connectivity index (χ2v) is 3.91. The van der Waals surface area contributed by atoms with E-state index < -0.39 is 4.92 Å². The molecule has 0 bridgehead atoms. The fourth-order valence-corrected chi connectivity index (χ4v) is 1.64. The highest BCUT2D eigenvalue weighted by atomic mass is 16.6. The lowest BCUT2D eigenvalue weighted by atomic mass is 10.2. The Morgan fingerprint density at radius 1 is 1.58 bits per heavy atom. The summed E-state index contributed by atoms with van der Waals surface area (Å²) in [6, 6.07) is 6.21. The second-order valence-electron chi connectivity index (χ2n) is 3.91. The summed E-state index contributed by atoms with van der Waals surface area (Å²) < 4.78 is 1.85. The van der Waals surface area contributed by atoms with Crippen LogP contribution in [0.5, 0.6) is 0 Å². The topological polar surface area (TPSA) is 96.8 Å². The molecule has 7 nitrogen and oxygen atoms in total. The summed E-state index contributed by atoms with van der Waals surface area (Å²) in [6.45, 7) is 0.451. The molecular formula is C12H11N5O2. The first-order valence-corrected chi connectivity index (χ1v) is 5.50. The van der Waals surface area contributed by atoms with E-state index in [0.29, 0.717) is 12.2 Å². The molecule has 0 radical (unpaired) electrons. The average Bonchev–Trinajstić information content (AvgIpc) is 2.81. The third-order valence-electron chi connectivity index (χ3n) is 2.69. The van der Waals surface area contributed by atoms with Crippen molar-refractivity contribution in [3.05, 3.63) is 52.1 Å². The Hall–Kier alpha value is -2.88.